The molecular weight excluding hydrogens is 364 g/mol. The molecule has 28 heavy (non-hydrogen) atoms. The van der Waals surface area contributed by atoms with E-state index in [1.54, 1.807) is 24.2 Å². The second kappa shape index (κ2) is 8.40. The van der Waals surface area contributed by atoms with Crippen molar-refractivity contribution in [2.75, 3.05) is 0 Å². The Bertz CT molecular complexity index is 1030. The number of rotatable bonds is 6. The molecule has 5 heteroatoms. The van der Waals surface area contributed by atoms with Crippen molar-refractivity contribution in [3.8, 4) is 17.1 Å². The van der Waals surface area contributed by atoms with Gasteiger partial charge in [-0.25, -0.2) is 0 Å². The van der Waals surface area contributed by atoms with Crippen molar-refractivity contribution in [1.82, 2.24) is 19.7 Å². The van der Waals surface area contributed by atoms with Crippen molar-refractivity contribution in [2.45, 2.75) is 30.7 Å². The smallest absolute Gasteiger partial charge is 0.196 e. The van der Waals surface area contributed by atoms with Crippen LogP contribution in [0.1, 0.15) is 30.9 Å². The van der Waals surface area contributed by atoms with Gasteiger partial charge in [0.25, 0.3) is 0 Å². The molecule has 2 aromatic heterocycles. The molecule has 0 aliphatic heterocycles. The number of hydrogen-bond donors (Lipinski definition) is 0. The fraction of sp³-hybridized carbons (Fsp3) is 0.174. The summed E-state index contributed by atoms with van der Waals surface area (Å²) >= 11 is 1.70. The number of hydrogen-bond acceptors (Lipinski definition) is 4. The van der Waals surface area contributed by atoms with Gasteiger partial charge in [-0.1, -0.05) is 68.1 Å². The number of pyridine rings is 1. The molecule has 0 radical (unpaired) electrons. The minimum Gasteiger partial charge on any atom is -0.270 e. The first-order valence-corrected chi connectivity index (χ1v) is 10.3. The van der Waals surface area contributed by atoms with Gasteiger partial charge in [-0.05, 0) is 41.3 Å². The molecule has 2 aromatic carbocycles. The van der Waals surface area contributed by atoms with Crippen LogP contribution < -0.4 is 0 Å². The van der Waals surface area contributed by atoms with Crippen LogP contribution in [0.2, 0.25) is 0 Å². The summed E-state index contributed by atoms with van der Waals surface area (Å²) in [5.74, 6) is 2.22. The lowest BCUT2D eigenvalue weighted by atomic mass is 10.0. The van der Waals surface area contributed by atoms with Gasteiger partial charge in [0, 0.05) is 29.4 Å². The Hall–Kier alpha value is -2.92. The highest BCUT2D eigenvalue weighted by molar-refractivity contribution is 7.98. The minimum absolute atomic E-state index is 0.547. The summed E-state index contributed by atoms with van der Waals surface area (Å²) in [6.07, 6.45) is 3.56. The fourth-order valence-corrected chi connectivity index (χ4v) is 3.92. The van der Waals surface area contributed by atoms with Gasteiger partial charge in [0.2, 0.25) is 0 Å². The lowest BCUT2D eigenvalue weighted by molar-refractivity contribution is 0.865. The van der Waals surface area contributed by atoms with Crippen LogP contribution in [0, 0.1) is 0 Å². The Morgan fingerprint density at radius 1 is 0.857 bits per heavy atom. The standard InChI is InChI=1S/C23H22N4S/c1-17(2)19-10-8-18(9-11-19)16-28-23-26-25-22(20-12-14-24-15-13-20)27(23)21-6-4-3-5-7-21/h3-15,17H,16H2,1-2H3. The summed E-state index contributed by atoms with van der Waals surface area (Å²) in [6.45, 7) is 4.43. The van der Waals surface area contributed by atoms with E-state index in [-0.39, 0.29) is 0 Å². The predicted molar refractivity (Wildman–Crippen MR) is 115 cm³/mol. The van der Waals surface area contributed by atoms with Crippen molar-refractivity contribution < 1.29 is 0 Å². The van der Waals surface area contributed by atoms with Crippen LogP contribution in [0.15, 0.2) is 84.3 Å². The fourth-order valence-electron chi connectivity index (χ4n) is 3.01. The zero-order valence-electron chi connectivity index (χ0n) is 16.0. The third kappa shape index (κ3) is 3.99. The highest BCUT2D eigenvalue weighted by atomic mass is 32.2. The molecule has 0 bridgehead atoms. The first kappa shape index (κ1) is 18.4. The number of para-hydroxylation sites is 1. The van der Waals surface area contributed by atoms with E-state index in [1.165, 1.54) is 11.1 Å². The van der Waals surface area contributed by atoms with Crippen molar-refractivity contribution in [3.63, 3.8) is 0 Å². The number of thioether (sulfide) groups is 1. The maximum Gasteiger partial charge on any atom is 0.196 e. The van der Waals surface area contributed by atoms with Crippen molar-refractivity contribution >= 4 is 11.8 Å². The average Bonchev–Trinajstić information content (AvgIpc) is 3.18. The van der Waals surface area contributed by atoms with Gasteiger partial charge in [-0.15, -0.1) is 10.2 Å². The summed E-state index contributed by atoms with van der Waals surface area (Å²) < 4.78 is 2.11. The van der Waals surface area contributed by atoms with E-state index in [1.807, 2.05) is 30.3 Å². The van der Waals surface area contributed by atoms with Gasteiger partial charge in [0.05, 0.1) is 0 Å². The van der Waals surface area contributed by atoms with Crippen LogP contribution in [0.25, 0.3) is 17.1 Å². The highest BCUT2D eigenvalue weighted by Gasteiger charge is 2.16. The van der Waals surface area contributed by atoms with Gasteiger partial charge < -0.3 is 0 Å². The molecule has 0 saturated carbocycles. The molecular formula is C23H22N4S. The maximum absolute atomic E-state index is 4.49. The molecule has 4 aromatic rings. The van der Waals surface area contributed by atoms with Crippen LogP contribution in [0.5, 0.6) is 0 Å². The molecule has 140 valence electrons. The zero-order valence-corrected chi connectivity index (χ0v) is 16.8. The molecule has 2 heterocycles. The SMILES string of the molecule is CC(C)c1ccc(CSc2nnc(-c3ccncc3)n2-c2ccccc2)cc1. The third-order valence-electron chi connectivity index (χ3n) is 4.60. The number of nitrogens with zero attached hydrogens (tertiary/aromatic N) is 4. The molecule has 0 fully saturated rings. The van der Waals surface area contributed by atoms with Gasteiger partial charge in [-0.3, -0.25) is 9.55 Å². The molecule has 0 atom stereocenters. The van der Waals surface area contributed by atoms with Crippen molar-refractivity contribution in [3.05, 3.63) is 90.3 Å². The molecule has 0 N–H and O–H groups in total. The largest absolute Gasteiger partial charge is 0.270 e. The average molecular weight is 387 g/mol. The number of aromatic nitrogens is 4. The molecule has 0 spiro atoms. The normalized spacial score (nSPS) is 11.1. The summed E-state index contributed by atoms with van der Waals surface area (Å²) in [4.78, 5) is 4.11. The Kier molecular flexibility index (Phi) is 5.53. The van der Waals surface area contributed by atoms with Gasteiger partial charge in [0.1, 0.15) is 0 Å². The topological polar surface area (TPSA) is 43.6 Å². The third-order valence-corrected chi connectivity index (χ3v) is 5.60. The summed E-state index contributed by atoms with van der Waals surface area (Å²) in [5, 5.41) is 9.84. The first-order valence-electron chi connectivity index (χ1n) is 9.35. The molecule has 0 unspecified atom stereocenters. The van der Waals surface area contributed by atoms with Crippen LogP contribution in [0.4, 0.5) is 0 Å². The lowest BCUT2D eigenvalue weighted by Crippen LogP contribution is -1.99. The van der Waals surface area contributed by atoms with Gasteiger partial charge >= 0.3 is 0 Å². The van der Waals surface area contributed by atoms with E-state index in [9.17, 15) is 0 Å². The Morgan fingerprint density at radius 3 is 2.25 bits per heavy atom. The molecule has 0 aliphatic rings. The first-order chi connectivity index (χ1) is 13.7. The van der Waals surface area contributed by atoms with Crippen LogP contribution in [-0.2, 0) is 5.75 Å². The van der Waals surface area contributed by atoms with E-state index < -0.39 is 0 Å². The molecule has 4 rings (SSSR count). The Labute approximate surface area is 169 Å². The minimum atomic E-state index is 0.547. The second-order valence-corrected chi connectivity index (χ2v) is 7.84. The van der Waals surface area contributed by atoms with Gasteiger partial charge in [-0.2, -0.15) is 0 Å². The van der Waals surface area contributed by atoms with Crippen molar-refractivity contribution in [2.24, 2.45) is 0 Å². The quantitative estimate of drug-likeness (QED) is 0.396. The van der Waals surface area contributed by atoms with Gasteiger partial charge in [0.15, 0.2) is 11.0 Å². The summed E-state index contributed by atoms with van der Waals surface area (Å²) in [7, 11) is 0. The van der Waals surface area contributed by atoms with E-state index in [2.05, 4.69) is 70.0 Å². The Morgan fingerprint density at radius 2 is 1.57 bits per heavy atom. The van der Waals surface area contributed by atoms with E-state index >= 15 is 0 Å². The summed E-state index contributed by atoms with van der Waals surface area (Å²) in [5.41, 5.74) is 4.69. The van der Waals surface area contributed by atoms with E-state index in [4.69, 9.17) is 0 Å². The predicted octanol–water partition coefficient (Wildman–Crippen LogP) is 5.75. The zero-order chi connectivity index (χ0) is 19.3. The molecule has 0 saturated heterocycles. The summed E-state index contributed by atoms with van der Waals surface area (Å²) in [6, 6.07) is 23.0. The number of benzene rings is 2. The highest BCUT2D eigenvalue weighted by Crippen LogP contribution is 2.29. The van der Waals surface area contributed by atoms with E-state index in [0.717, 1.165) is 28.0 Å². The molecule has 0 amide bonds. The second-order valence-electron chi connectivity index (χ2n) is 6.90. The maximum atomic E-state index is 4.49. The molecule has 4 nitrogen and oxygen atoms in total. The van der Waals surface area contributed by atoms with E-state index in [0.29, 0.717) is 5.92 Å². The lowest BCUT2D eigenvalue weighted by Gasteiger charge is -2.10. The van der Waals surface area contributed by atoms with Crippen LogP contribution >= 0.6 is 11.8 Å². The molecule has 0 aliphatic carbocycles. The van der Waals surface area contributed by atoms with Crippen molar-refractivity contribution in [1.29, 1.82) is 0 Å². The van der Waals surface area contributed by atoms with Crippen LogP contribution in [-0.4, -0.2) is 19.7 Å². The monoisotopic (exact) mass is 386 g/mol. The van der Waals surface area contributed by atoms with Crippen LogP contribution in [0.3, 0.4) is 0 Å². The Balaban J connectivity index is 1.64.